The third kappa shape index (κ3) is 4.30. The van der Waals surface area contributed by atoms with Crippen LogP contribution in [-0.4, -0.2) is 40.1 Å². The lowest BCUT2D eigenvalue weighted by molar-refractivity contribution is -0.154. The van der Waals surface area contributed by atoms with Gasteiger partial charge in [0.25, 0.3) is 17.7 Å². The highest BCUT2D eigenvalue weighted by Crippen LogP contribution is 2.39. The molecule has 0 spiro atoms. The van der Waals surface area contributed by atoms with Crippen LogP contribution in [0.15, 0.2) is 54.6 Å². The van der Waals surface area contributed by atoms with E-state index in [2.05, 4.69) is 0 Å². The number of Topliss-reactive ketones (excluding diaryl/α,β-unsaturated/α-hetero) is 1. The Morgan fingerprint density at radius 1 is 1.09 bits per heavy atom. The van der Waals surface area contributed by atoms with Gasteiger partial charge in [0.15, 0.2) is 5.78 Å². The first kappa shape index (κ1) is 23.1. The maximum atomic E-state index is 13.5. The lowest BCUT2D eigenvalue weighted by Gasteiger charge is -2.30. The van der Waals surface area contributed by atoms with E-state index >= 15 is 0 Å². The number of halogens is 3. The molecule has 2 aliphatic rings. The van der Waals surface area contributed by atoms with E-state index in [1.807, 2.05) is 19.1 Å². The van der Waals surface area contributed by atoms with Crippen LogP contribution in [0, 0.1) is 23.6 Å². The molecule has 33 heavy (non-hydrogen) atoms. The maximum Gasteiger partial charge on any atom is 0.274 e. The minimum absolute atomic E-state index is 0.0123. The van der Waals surface area contributed by atoms with Crippen LogP contribution in [0.1, 0.15) is 34.1 Å². The molecule has 9 heteroatoms. The second-order valence-corrected chi connectivity index (χ2v) is 8.90. The Bertz CT molecular complexity index is 1180. The SMILES string of the molecule is C[C@@H]1C=CC[C@H]2C(=O)N(N(CC(=O)c3ccc(F)cc3)C(=O)c3ccc(Cl)cc3Cl)C(=O)[C@@H]12. The molecule has 1 heterocycles. The zero-order chi connectivity index (χ0) is 23.9. The summed E-state index contributed by atoms with van der Waals surface area (Å²) in [6, 6.07) is 8.94. The molecule has 0 unspecified atom stereocenters. The first-order valence-corrected chi connectivity index (χ1v) is 11.0. The fourth-order valence-corrected chi connectivity index (χ4v) is 4.76. The quantitative estimate of drug-likeness (QED) is 0.351. The molecule has 2 aromatic carbocycles. The van der Waals surface area contributed by atoms with Gasteiger partial charge in [-0.25, -0.2) is 9.40 Å². The van der Waals surface area contributed by atoms with E-state index in [-0.39, 0.29) is 22.1 Å². The molecule has 2 aromatic rings. The van der Waals surface area contributed by atoms with Crippen LogP contribution in [0.3, 0.4) is 0 Å². The van der Waals surface area contributed by atoms with E-state index in [4.69, 9.17) is 23.2 Å². The van der Waals surface area contributed by atoms with Crippen molar-refractivity contribution in [2.45, 2.75) is 13.3 Å². The van der Waals surface area contributed by atoms with Crippen molar-refractivity contribution in [3.8, 4) is 0 Å². The van der Waals surface area contributed by atoms with E-state index in [1.165, 1.54) is 30.3 Å². The second-order valence-electron chi connectivity index (χ2n) is 8.06. The van der Waals surface area contributed by atoms with Gasteiger partial charge in [0.1, 0.15) is 12.4 Å². The van der Waals surface area contributed by atoms with Crippen LogP contribution < -0.4 is 0 Å². The molecule has 0 saturated carbocycles. The molecule has 1 aliphatic carbocycles. The van der Waals surface area contributed by atoms with E-state index in [9.17, 15) is 23.6 Å². The Morgan fingerprint density at radius 2 is 1.79 bits per heavy atom. The molecule has 1 aliphatic heterocycles. The van der Waals surface area contributed by atoms with Crippen LogP contribution in [0.4, 0.5) is 4.39 Å². The maximum absolute atomic E-state index is 13.5. The number of ketones is 1. The third-order valence-corrected chi connectivity index (χ3v) is 6.49. The molecule has 0 aromatic heterocycles. The largest absolute Gasteiger partial charge is 0.292 e. The van der Waals surface area contributed by atoms with Gasteiger partial charge in [-0.2, -0.15) is 5.01 Å². The summed E-state index contributed by atoms with van der Waals surface area (Å²) >= 11 is 12.1. The summed E-state index contributed by atoms with van der Waals surface area (Å²) in [6.07, 6.45) is 4.07. The number of hydrogen-bond donors (Lipinski definition) is 0. The Balaban J connectivity index is 1.73. The molecular formula is C24H19Cl2FN2O4. The van der Waals surface area contributed by atoms with Gasteiger partial charge < -0.3 is 0 Å². The Kier molecular flexibility index (Phi) is 6.36. The Labute approximate surface area is 199 Å². The van der Waals surface area contributed by atoms with Gasteiger partial charge in [-0.3, -0.25) is 19.2 Å². The summed E-state index contributed by atoms with van der Waals surface area (Å²) < 4.78 is 13.3. The van der Waals surface area contributed by atoms with Crippen molar-refractivity contribution in [3.63, 3.8) is 0 Å². The molecular weight excluding hydrogens is 470 g/mol. The average Bonchev–Trinajstić information content (AvgIpc) is 3.03. The molecule has 0 radical (unpaired) electrons. The zero-order valence-corrected chi connectivity index (χ0v) is 19.0. The number of fused-ring (bicyclic) bond motifs is 1. The van der Waals surface area contributed by atoms with E-state index in [0.717, 1.165) is 22.2 Å². The first-order chi connectivity index (χ1) is 15.7. The first-order valence-electron chi connectivity index (χ1n) is 10.3. The van der Waals surface area contributed by atoms with E-state index < -0.39 is 47.7 Å². The highest BCUT2D eigenvalue weighted by molar-refractivity contribution is 6.36. The molecule has 3 amide bonds. The number of hydrogen-bond acceptors (Lipinski definition) is 4. The van der Waals surface area contributed by atoms with E-state index in [0.29, 0.717) is 11.4 Å². The molecule has 6 nitrogen and oxygen atoms in total. The summed E-state index contributed by atoms with van der Waals surface area (Å²) in [5, 5.41) is 1.91. The van der Waals surface area contributed by atoms with E-state index in [1.54, 1.807) is 0 Å². The molecule has 0 N–H and O–H groups in total. The van der Waals surface area contributed by atoms with Crippen molar-refractivity contribution < 1.29 is 23.6 Å². The standard InChI is InChI=1S/C24H19Cl2FN2O4/c1-13-3-2-4-18-21(13)24(33)29(23(18)32)28(12-20(30)14-5-8-16(27)9-6-14)22(31)17-10-7-15(25)11-19(17)26/h2-3,5-11,13,18,21H,4,12H2,1H3/t13-,18-,21+/m1/s1. The Morgan fingerprint density at radius 3 is 2.42 bits per heavy atom. The van der Waals surface area contributed by atoms with Gasteiger partial charge >= 0.3 is 0 Å². The number of carbonyl (C=O) groups excluding carboxylic acids is 4. The molecule has 1 fully saturated rings. The lowest BCUT2D eigenvalue weighted by atomic mass is 9.78. The average molecular weight is 489 g/mol. The number of hydrazine groups is 1. The van der Waals surface area contributed by atoms with Crippen LogP contribution in [0.2, 0.25) is 10.0 Å². The predicted molar refractivity (Wildman–Crippen MR) is 120 cm³/mol. The van der Waals surface area contributed by atoms with Gasteiger partial charge in [-0.05, 0) is 54.8 Å². The molecule has 3 atom stereocenters. The van der Waals surface area contributed by atoms with Gasteiger partial charge in [0.2, 0.25) is 0 Å². The summed E-state index contributed by atoms with van der Waals surface area (Å²) in [5.74, 6) is -4.44. The molecule has 4 rings (SSSR count). The molecule has 170 valence electrons. The zero-order valence-electron chi connectivity index (χ0n) is 17.5. The van der Waals surface area contributed by atoms with Crippen LogP contribution >= 0.6 is 23.2 Å². The normalized spacial score (nSPS) is 21.8. The van der Waals surface area contributed by atoms with Crippen LogP contribution in [-0.2, 0) is 9.59 Å². The topological polar surface area (TPSA) is 74.8 Å². The fraction of sp³-hybridized carbons (Fsp3) is 0.250. The van der Waals surface area contributed by atoms with Crippen molar-refractivity contribution in [3.05, 3.63) is 81.6 Å². The lowest BCUT2D eigenvalue weighted by Crippen LogP contribution is -2.52. The smallest absolute Gasteiger partial charge is 0.274 e. The van der Waals surface area contributed by atoms with Crippen molar-refractivity contribution in [1.29, 1.82) is 0 Å². The van der Waals surface area contributed by atoms with Gasteiger partial charge in [0.05, 0.1) is 22.4 Å². The predicted octanol–water partition coefficient (Wildman–Crippen LogP) is 4.57. The highest BCUT2D eigenvalue weighted by Gasteiger charge is 2.53. The van der Waals surface area contributed by atoms with Crippen molar-refractivity contribution in [2.24, 2.45) is 17.8 Å². The van der Waals surface area contributed by atoms with Gasteiger partial charge in [-0.1, -0.05) is 42.3 Å². The van der Waals surface area contributed by atoms with Crippen molar-refractivity contribution >= 4 is 46.7 Å². The summed E-state index contributed by atoms with van der Waals surface area (Å²) in [7, 11) is 0. The van der Waals surface area contributed by atoms with Gasteiger partial charge in [-0.15, -0.1) is 0 Å². The Hall–Kier alpha value is -3.03. The van der Waals surface area contributed by atoms with Crippen molar-refractivity contribution in [2.75, 3.05) is 6.54 Å². The fourth-order valence-electron chi connectivity index (χ4n) is 4.27. The number of benzene rings is 2. The minimum atomic E-state index is -0.798. The monoisotopic (exact) mass is 488 g/mol. The minimum Gasteiger partial charge on any atom is -0.292 e. The van der Waals surface area contributed by atoms with Crippen molar-refractivity contribution in [1.82, 2.24) is 10.0 Å². The summed E-state index contributed by atoms with van der Waals surface area (Å²) in [6.45, 7) is 1.22. The molecule has 0 bridgehead atoms. The second kappa shape index (κ2) is 9.08. The molecule has 1 saturated heterocycles. The number of rotatable bonds is 5. The number of imide groups is 1. The number of amides is 3. The number of nitrogens with zero attached hydrogens (tertiary/aromatic N) is 2. The van der Waals surface area contributed by atoms with Crippen LogP contribution in [0.5, 0.6) is 0 Å². The summed E-state index contributed by atoms with van der Waals surface area (Å²) in [5.41, 5.74) is 0.109. The highest BCUT2D eigenvalue weighted by atomic mass is 35.5. The van der Waals surface area contributed by atoms with Crippen LogP contribution in [0.25, 0.3) is 0 Å². The summed E-state index contributed by atoms with van der Waals surface area (Å²) in [4.78, 5) is 53.0. The number of carbonyl (C=O) groups is 4. The number of allylic oxidation sites excluding steroid dienone is 2. The van der Waals surface area contributed by atoms with Gasteiger partial charge in [0, 0.05) is 10.6 Å². The third-order valence-electron chi connectivity index (χ3n) is 5.95.